The van der Waals surface area contributed by atoms with Crippen LogP contribution in [0.4, 0.5) is 11.4 Å². The highest BCUT2D eigenvalue weighted by molar-refractivity contribution is 5.92. The lowest BCUT2D eigenvalue weighted by Crippen LogP contribution is -2.32. The molecule has 0 radical (unpaired) electrons. The number of nitrogens with one attached hydrogen (secondary N) is 2. The van der Waals surface area contributed by atoms with Crippen LogP contribution in [0, 0.1) is 0 Å². The van der Waals surface area contributed by atoms with E-state index in [-0.39, 0.29) is 0 Å². The van der Waals surface area contributed by atoms with Gasteiger partial charge in [0.25, 0.3) is 0 Å². The zero-order valence-corrected chi connectivity index (χ0v) is 11.4. The maximum atomic E-state index is 11.3. The van der Waals surface area contributed by atoms with Crippen molar-refractivity contribution in [1.82, 2.24) is 9.97 Å². The van der Waals surface area contributed by atoms with Crippen LogP contribution in [0.2, 0.25) is 0 Å². The predicted molar refractivity (Wildman–Crippen MR) is 77.3 cm³/mol. The molecule has 21 heavy (non-hydrogen) atoms. The maximum absolute atomic E-state index is 11.3. The molecule has 1 aliphatic rings. The molecule has 0 unspecified atom stereocenters. The first kappa shape index (κ1) is 13.4. The smallest absolute Gasteiger partial charge is 0.250 e. The van der Waals surface area contributed by atoms with Gasteiger partial charge in [-0.25, -0.2) is 4.98 Å². The molecule has 3 N–H and O–H groups in total. The van der Waals surface area contributed by atoms with E-state index < -0.39 is 12.5 Å². The Labute approximate surface area is 121 Å². The van der Waals surface area contributed by atoms with E-state index in [2.05, 4.69) is 20.2 Å². The van der Waals surface area contributed by atoms with E-state index in [4.69, 9.17) is 9.84 Å². The van der Waals surface area contributed by atoms with Gasteiger partial charge in [-0.3, -0.25) is 4.79 Å². The monoisotopic (exact) mass is 288 g/mol. The number of fused-ring (bicyclic) bond motifs is 1. The molecule has 110 valence electrons. The molecule has 7 heteroatoms. The van der Waals surface area contributed by atoms with Gasteiger partial charge in [0, 0.05) is 11.9 Å². The minimum Gasteiger partial charge on any atom is -0.490 e. The van der Waals surface area contributed by atoms with Crippen LogP contribution in [-0.2, 0) is 11.3 Å². The van der Waals surface area contributed by atoms with Gasteiger partial charge in [-0.05, 0) is 18.2 Å². The Morgan fingerprint density at radius 3 is 3.19 bits per heavy atom. The minimum absolute atomic E-state index is 0.438. The summed E-state index contributed by atoms with van der Waals surface area (Å²) >= 11 is 0. The summed E-state index contributed by atoms with van der Waals surface area (Å²) in [6.07, 6.45) is 3.43. The van der Waals surface area contributed by atoms with Crippen molar-refractivity contribution in [3.8, 4) is 5.75 Å². The average Bonchev–Trinajstić information content (AvgIpc) is 3.01. The number of benzene rings is 1. The Hall–Kier alpha value is -2.54. The molecule has 0 bridgehead atoms. The predicted octanol–water partition coefficient (Wildman–Crippen LogP) is 0.739. The van der Waals surface area contributed by atoms with Crippen LogP contribution in [0.5, 0.6) is 5.75 Å². The first-order valence-corrected chi connectivity index (χ1v) is 6.66. The molecule has 3 rings (SSSR count). The lowest BCUT2D eigenvalue weighted by molar-refractivity contribution is -0.118. The summed E-state index contributed by atoms with van der Waals surface area (Å²) in [6.45, 7) is 1.52. The summed E-state index contributed by atoms with van der Waals surface area (Å²) in [7, 11) is 0. The number of amides is 1. The summed E-state index contributed by atoms with van der Waals surface area (Å²) in [5, 5.41) is 11.4. The number of H-pyrrole nitrogens is 1. The van der Waals surface area contributed by atoms with Gasteiger partial charge < -0.3 is 25.0 Å². The summed E-state index contributed by atoms with van der Waals surface area (Å²) in [5.41, 5.74) is 2.55. The van der Waals surface area contributed by atoms with Crippen molar-refractivity contribution in [2.45, 2.75) is 6.54 Å². The van der Waals surface area contributed by atoms with Crippen molar-refractivity contribution in [2.75, 3.05) is 30.0 Å². The third kappa shape index (κ3) is 2.97. The van der Waals surface area contributed by atoms with Crippen molar-refractivity contribution >= 4 is 17.3 Å². The molecular weight excluding hydrogens is 272 g/mol. The van der Waals surface area contributed by atoms with Gasteiger partial charge in [-0.15, -0.1) is 0 Å². The van der Waals surface area contributed by atoms with Crippen LogP contribution < -0.4 is 15.0 Å². The third-order valence-corrected chi connectivity index (χ3v) is 3.26. The Balaban J connectivity index is 1.84. The normalized spacial score (nSPS) is 13.5. The van der Waals surface area contributed by atoms with E-state index in [1.807, 2.05) is 12.1 Å². The van der Waals surface area contributed by atoms with E-state index in [1.165, 1.54) is 0 Å². The number of hydrogen-bond donors (Lipinski definition) is 3. The lowest BCUT2D eigenvalue weighted by Gasteiger charge is -2.31. The highest BCUT2D eigenvalue weighted by Gasteiger charge is 2.19. The van der Waals surface area contributed by atoms with Crippen molar-refractivity contribution in [3.63, 3.8) is 0 Å². The van der Waals surface area contributed by atoms with E-state index in [0.717, 1.165) is 23.7 Å². The Morgan fingerprint density at radius 2 is 2.43 bits per heavy atom. The molecular formula is C14H16N4O3. The van der Waals surface area contributed by atoms with Crippen molar-refractivity contribution < 1.29 is 14.6 Å². The number of nitrogens with zero attached hydrogens (tertiary/aromatic N) is 2. The summed E-state index contributed by atoms with van der Waals surface area (Å²) < 4.78 is 5.63. The zero-order valence-electron chi connectivity index (χ0n) is 11.4. The van der Waals surface area contributed by atoms with Gasteiger partial charge in [-0.2, -0.15) is 0 Å². The molecule has 0 aliphatic carbocycles. The number of carbonyl (C=O) groups excluding carboxylic acids is 1. The molecule has 2 heterocycles. The number of aliphatic hydroxyl groups excluding tert-OH is 1. The second-order valence-corrected chi connectivity index (χ2v) is 4.74. The fourth-order valence-corrected chi connectivity index (χ4v) is 2.29. The van der Waals surface area contributed by atoms with Crippen molar-refractivity contribution in [2.24, 2.45) is 0 Å². The quantitative estimate of drug-likeness (QED) is 0.772. The van der Waals surface area contributed by atoms with Crippen LogP contribution in [0.3, 0.4) is 0 Å². The molecule has 2 aromatic rings. The number of carbonyl (C=O) groups is 1. The number of anilines is 2. The van der Waals surface area contributed by atoms with Gasteiger partial charge in [0.15, 0.2) is 0 Å². The first-order valence-electron chi connectivity index (χ1n) is 6.66. The molecule has 1 aliphatic heterocycles. The van der Waals surface area contributed by atoms with Gasteiger partial charge in [0.2, 0.25) is 5.91 Å². The zero-order chi connectivity index (χ0) is 14.7. The highest BCUT2D eigenvalue weighted by atomic mass is 16.5. The number of ether oxygens (including phenoxy) is 1. The van der Waals surface area contributed by atoms with Gasteiger partial charge >= 0.3 is 0 Å². The molecule has 0 fully saturated rings. The fraction of sp³-hybridized carbons (Fsp3) is 0.286. The number of aliphatic hydroxyl groups is 1. The number of aromatic nitrogens is 2. The number of rotatable bonds is 4. The second-order valence-electron chi connectivity index (χ2n) is 4.74. The minimum atomic E-state index is -0.536. The van der Waals surface area contributed by atoms with Crippen LogP contribution in [0.1, 0.15) is 5.69 Å². The third-order valence-electron chi connectivity index (χ3n) is 3.26. The van der Waals surface area contributed by atoms with Crippen LogP contribution >= 0.6 is 0 Å². The summed E-state index contributed by atoms with van der Waals surface area (Å²) in [4.78, 5) is 20.5. The molecule has 1 aromatic heterocycles. The summed E-state index contributed by atoms with van der Waals surface area (Å²) in [6, 6.07) is 5.42. The lowest BCUT2D eigenvalue weighted by atomic mass is 10.2. The van der Waals surface area contributed by atoms with Crippen LogP contribution in [0.25, 0.3) is 0 Å². The van der Waals surface area contributed by atoms with Crippen LogP contribution in [0.15, 0.2) is 30.7 Å². The van der Waals surface area contributed by atoms with E-state index in [0.29, 0.717) is 18.8 Å². The molecule has 1 aromatic carbocycles. The molecule has 7 nitrogen and oxygen atoms in total. The molecule has 0 spiro atoms. The van der Waals surface area contributed by atoms with E-state index >= 15 is 0 Å². The standard InChI is InChI=1S/C14H16N4O3/c19-8-14(20)17-10-1-2-13-12(5-10)18(3-4-21-13)7-11-6-15-9-16-11/h1-2,5-6,9,19H,3-4,7-8H2,(H,15,16)(H,17,20). The number of imidazole rings is 1. The molecule has 0 saturated carbocycles. The average molecular weight is 288 g/mol. The van der Waals surface area contributed by atoms with E-state index in [1.54, 1.807) is 18.6 Å². The first-order chi connectivity index (χ1) is 10.3. The Kier molecular flexibility index (Phi) is 3.74. The number of aromatic amines is 1. The van der Waals surface area contributed by atoms with Gasteiger partial charge in [-0.1, -0.05) is 0 Å². The topological polar surface area (TPSA) is 90.5 Å². The fourth-order valence-electron chi connectivity index (χ4n) is 2.29. The van der Waals surface area contributed by atoms with Gasteiger partial charge in [0.1, 0.15) is 19.0 Å². The van der Waals surface area contributed by atoms with Gasteiger partial charge in [0.05, 0.1) is 30.8 Å². The Bertz CT molecular complexity index is 627. The largest absolute Gasteiger partial charge is 0.490 e. The number of hydrogen-bond acceptors (Lipinski definition) is 5. The molecule has 1 amide bonds. The summed E-state index contributed by atoms with van der Waals surface area (Å²) in [5.74, 6) is 0.342. The SMILES string of the molecule is O=C(CO)Nc1ccc2c(c1)N(Cc1cnc[nH]1)CCO2. The van der Waals surface area contributed by atoms with E-state index in [9.17, 15) is 4.79 Å². The van der Waals surface area contributed by atoms with Crippen molar-refractivity contribution in [1.29, 1.82) is 0 Å². The maximum Gasteiger partial charge on any atom is 0.250 e. The van der Waals surface area contributed by atoms with Crippen LogP contribution in [-0.4, -0.2) is 40.7 Å². The Morgan fingerprint density at radius 1 is 1.52 bits per heavy atom. The molecule has 0 saturated heterocycles. The highest BCUT2D eigenvalue weighted by Crippen LogP contribution is 2.34. The second kappa shape index (κ2) is 5.84. The molecule has 0 atom stereocenters. The van der Waals surface area contributed by atoms with Crippen molar-refractivity contribution in [3.05, 3.63) is 36.4 Å².